The van der Waals surface area contributed by atoms with E-state index in [1.54, 1.807) is 24.9 Å². The summed E-state index contributed by atoms with van der Waals surface area (Å²) in [6.07, 6.45) is 3.79. The third-order valence-electron chi connectivity index (χ3n) is 6.18. The summed E-state index contributed by atoms with van der Waals surface area (Å²) in [6, 6.07) is 15.4. The number of urea groups is 1. The lowest BCUT2D eigenvalue weighted by Crippen LogP contribution is -2.46. The number of anilines is 1. The number of nitrogens with one attached hydrogen (secondary N) is 2. The zero-order chi connectivity index (χ0) is 23.4. The minimum absolute atomic E-state index is 0.0803. The van der Waals surface area contributed by atoms with Crippen LogP contribution < -0.4 is 15.5 Å². The number of hydrogen-bond donors (Lipinski definition) is 2. The van der Waals surface area contributed by atoms with Crippen molar-refractivity contribution < 1.29 is 14.4 Å². The van der Waals surface area contributed by atoms with Crippen molar-refractivity contribution in [3.8, 4) is 0 Å². The minimum atomic E-state index is -1.00. The van der Waals surface area contributed by atoms with Crippen LogP contribution in [0.2, 0.25) is 0 Å². The predicted molar refractivity (Wildman–Crippen MR) is 131 cm³/mol. The van der Waals surface area contributed by atoms with Crippen molar-refractivity contribution in [2.24, 2.45) is 0 Å². The highest BCUT2D eigenvalue weighted by Crippen LogP contribution is 2.28. The van der Waals surface area contributed by atoms with E-state index >= 15 is 0 Å². The smallest absolute Gasteiger partial charge is 0.322 e. The third-order valence-corrected chi connectivity index (χ3v) is 7.56. The molecule has 33 heavy (non-hydrogen) atoms. The standard InChI is InChI=1S/C25H30N4O3S/c1-25(23(31)26-24(32)27-25)17-33-21-9-5-4-8-20(21)22(30)28(2)16-18-10-12-19(13-11-18)29-14-6-3-7-15-29/h4-5,8-13H,3,6-7,14-17H2,1-2H3,(H2,26,27,31,32)/t25-/m0/s1. The second-order valence-corrected chi connectivity index (χ2v) is 9.92. The second-order valence-electron chi connectivity index (χ2n) is 8.90. The fourth-order valence-electron chi connectivity index (χ4n) is 4.19. The molecule has 2 aromatic carbocycles. The summed E-state index contributed by atoms with van der Waals surface area (Å²) < 4.78 is 0. The highest BCUT2D eigenvalue weighted by atomic mass is 32.2. The Morgan fingerprint density at radius 2 is 1.76 bits per heavy atom. The number of amides is 4. The zero-order valence-corrected chi connectivity index (χ0v) is 19.9. The molecule has 4 amide bonds. The van der Waals surface area contributed by atoms with Gasteiger partial charge in [-0.05, 0) is 56.0 Å². The first-order valence-electron chi connectivity index (χ1n) is 11.3. The van der Waals surface area contributed by atoms with Crippen LogP contribution in [-0.4, -0.2) is 54.2 Å². The van der Waals surface area contributed by atoms with Crippen LogP contribution in [0.25, 0.3) is 0 Å². The Hall–Kier alpha value is -3.00. The van der Waals surface area contributed by atoms with Gasteiger partial charge in [0.05, 0.1) is 5.56 Å². The van der Waals surface area contributed by atoms with Gasteiger partial charge in [0.1, 0.15) is 5.54 Å². The van der Waals surface area contributed by atoms with Crippen molar-refractivity contribution in [3.63, 3.8) is 0 Å². The lowest BCUT2D eigenvalue weighted by Gasteiger charge is -2.29. The molecule has 0 unspecified atom stereocenters. The fraction of sp³-hybridized carbons (Fsp3) is 0.400. The molecule has 8 heteroatoms. The molecule has 0 spiro atoms. The molecule has 0 aromatic heterocycles. The van der Waals surface area contributed by atoms with Crippen LogP contribution in [0.5, 0.6) is 0 Å². The van der Waals surface area contributed by atoms with Gasteiger partial charge in [-0.25, -0.2) is 4.79 Å². The highest BCUT2D eigenvalue weighted by molar-refractivity contribution is 7.99. The topological polar surface area (TPSA) is 81.8 Å². The molecule has 4 rings (SSSR count). The van der Waals surface area contributed by atoms with E-state index in [0.29, 0.717) is 17.9 Å². The predicted octanol–water partition coefficient (Wildman–Crippen LogP) is 3.64. The molecule has 2 N–H and O–H groups in total. The molecule has 0 bridgehead atoms. The molecule has 0 aliphatic carbocycles. The molecular formula is C25H30N4O3S. The van der Waals surface area contributed by atoms with E-state index in [4.69, 9.17) is 0 Å². The second kappa shape index (κ2) is 9.87. The first-order chi connectivity index (χ1) is 15.9. The summed E-state index contributed by atoms with van der Waals surface area (Å²) in [5.41, 5.74) is 1.91. The molecule has 0 saturated carbocycles. The molecule has 174 valence electrons. The maximum atomic E-state index is 13.2. The van der Waals surface area contributed by atoms with Crippen LogP contribution >= 0.6 is 11.8 Å². The average Bonchev–Trinajstić information content (AvgIpc) is 3.09. The number of carbonyl (C=O) groups excluding carboxylic acids is 3. The molecule has 7 nitrogen and oxygen atoms in total. The monoisotopic (exact) mass is 466 g/mol. The van der Waals surface area contributed by atoms with E-state index in [1.165, 1.54) is 36.7 Å². The number of nitrogens with zero attached hydrogens (tertiary/aromatic N) is 2. The van der Waals surface area contributed by atoms with Gasteiger partial charge in [0, 0.05) is 43.0 Å². The van der Waals surface area contributed by atoms with Gasteiger partial charge in [0.25, 0.3) is 11.8 Å². The minimum Gasteiger partial charge on any atom is -0.372 e. The van der Waals surface area contributed by atoms with E-state index in [9.17, 15) is 14.4 Å². The number of thioether (sulfide) groups is 1. The molecule has 2 aliphatic rings. The van der Waals surface area contributed by atoms with Gasteiger partial charge in [-0.15, -0.1) is 11.8 Å². The summed E-state index contributed by atoms with van der Waals surface area (Å²) in [6.45, 7) is 4.41. The molecule has 2 aliphatic heterocycles. The maximum Gasteiger partial charge on any atom is 0.322 e. The van der Waals surface area contributed by atoms with Crippen LogP contribution in [0.4, 0.5) is 10.5 Å². The molecular weight excluding hydrogens is 436 g/mol. The van der Waals surface area contributed by atoms with Crippen LogP contribution in [0.1, 0.15) is 42.1 Å². The highest BCUT2D eigenvalue weighted by Gasteiger charge is 2.42. The third kappa shape index (κ3) is 5.33. The van der Waals surface area contributed by atoms with Crippen LogP contribution in [-0.2, 0) is 11.3 Å². The van der Waals surface area contributed by atoms with Crippen LogP contribution in [0.3, 0.4) is 0 Å². The Kier molecular flexibility index (Phi) is 6.93. The molecule has 0 radical (unpaired) electrons. The lowest BCUT2D eigenvalue weighted by atomic mass is 10.1. The fourth-order valence-corrected chi connectivity index (χ4v) is 5.32. The van der Waals surface area contributed by atoms with Gasteiger partial charge in [-0.2, -0.15) is 0 Å². The van der Waals surface area contributed by atoms with E-state index in [-0.39, 0.29) is 11.8 Å². The molecule has 2 aromatic rings. The van der Waals surface area contributed by atoms with E-state index < -0.39 is 11.6 Å². The Balaban J connectivity index is 1.40. The molecule has 2 saturated heterocycles. The molecule has 2 heterocycles. The average molecular weight is 467 g/mol. The Labute approximate surface area is 198 Å². The van der Waals surface area contributed by atoms with E-state index in [1.807, 2.05) is 18.2 Å². The number of benzene rings is 2. The Morgan fingerprint density at radius 1 is 1.06 bits per heavy atom. The summed E-state index contributed by atoms with van der Waals surface area (Å²) in [5.74, 6) is -0.103. The number of piperidine rings is 1. The number of rotatable bonds is 7. The van der Waals surface area contributed by atoms with Gasteiger partial charge >= 0.3 is 6.03 Å². The normalized spacial score (nSPS) is 20.4. The van der Waals surface area contributed by atoms with Crippen molar-refractivity contribution in [2.75, 3.05) is 30.8 Å². The van der Waals surface area contributed by atoms with Crippen molar-refractivity contribution in [1.29, 1.82) is 0 Å². The summed E-state index contributed by atoms with van der Waals surface area (Å²) in [4.78, 5) is 41.8. The summed E-state index contributed by atoms with van der Waals surface area (Å²) in [5, 5.41) is 4.93. The van der Waals surface area contributed by atoms with Crippen molar-refractivity contribution >= 4 is 35.3 Å². The number of hydrogen-bond acceptors (Lipinski definition) is 5. The Bertz CT molecular complexity index is 1040. The SMILES string of the molecule is CN(Cc1ccc(N2CCCCC2)cc1)C(=O)c1ccccc1SC[C@]1(C)NC(=O)NC1=O. The van der Waals surface area contributed by atoms with Crippen molar-refractivity contribution in [3.05, 3.63) is 59.7 Å². The first kappa shape index (κ1) is 23.2. The van der Waals surface area contributed by atoms with Gasteiger partial charge in [0.2, 0.25) is 0 Å². The first-order valence-corrected chi connectivity index (χ1v) is 12.3. The van der Waals surface area contributed by atoms with E-state index in [2.05, 4.69) is 39.8 Å². The molecule has 2 fully saturated rings. The van der Waals surface area contributed by atoms with Crippen LogP contribution in [0, 0.1) is 0 Å². The van der Waals surface area contributed by atoms with Gasteiger partial charge in [-0.1, -0.05) is 24.3 Å². The quantitative estimate of drug-likeness (QED) is 0.481. The number of carbonyl (C=O) groups is 3. The summed E-state index contributed by atoms with van der Waals surface area (Å²) in [7, 11) is 1.80. The van der Waals surface area contributed by atoms with Gasteiger partial charge in [-0.3, -0.25) is 14.9 Å². The zero-order valence-electron chi connectivity index (χ0n) is 19.1. The van der Waals surface area contributed by atoms with Crippen LogP contribution in [0.15, 0.2) is 53.4 Å². The maximum absolute atomic E-state index is 13.2. The number of imide groups is 1. The lowest BCUT2D eigenvalue weighted by molar-refractivity contribution is -0.122. The van der Waals surface area contributed by atoms with Crippen molar-refractivity contribution in [2.45, 2.75) is 43.2 Å². The largest absolute Gasteiger partial charge is 0.372 e. The van der Waals surface area contributed by atoms with Gasteiger partial charge < -0.3 is 15.1 Å². The molecule has 1 atom stereocenters. The van der Waals surface area contributed by atoms with E-state index in [0.717, 1.165) is 23.5 Å². The summed E-state index contributed by atoms with van der Waals surface area (Å²) >= 11 is 1.39. The van der Waals surface area contributed by atoms with Gasteiger partial charge in [0.15, 0.2) is 0 Å². The Morgan fingerprint density at radius 3 is 2.42 bits per heavy atom. The van der Waals surface area contributed by atoms with Crippen molar-refractivity contribution in [1.82, 2.24) is 15.5 Å².